The Hall–Kier alpha value is -3.01. The van der Waals surface area contributed by atoms with E-state index in [1.165, 1.54) is 5.56 Å². The van der Waals surface area contributed by atoms with Gasteiger partial charge in [-0.3, -0.25) is 10.3 Å². The van der Waals surface area contributed by atoms with E-state index in [2.05, 4.69) is 26.3 Å². The predicted octanol–water partition coefficient (Wildman–Crippen LogP) is 2.40. The Balaban J connectivity index is 1.92. The molecule has 0 saturated heterocycles. The Morgan fingerprint density at radius 2 is 2.44 bits per heavy atom. The fourth-order valence-electron chi connectivity index (χ4n) is 3.24. The molecule has 0 bridgehead atoms. The molecule has 1 unspecified atom stereocenters. The molecule has 25 heavy (non-hydrogen) atoms. The molecule has 2 N–H and O–H groups in total. The number of ether oxygens (including phenoxy) is 1. The quantitative estimate of drug-likeness (QED) is 0.387. The largest absolute Gasteiger partial charge is 0.493 e. The van der Waals surface area contributed by atoms with Crippen molar-refractivity contribution in [3.8, 4) is 11.9 Å². The molecule has 0 aliphatic carbocycles. The molecule has 7 nitrogen and oxygen atoms in total. The maximum absolute atomic E-state index is 8.94. The molecule has 7 heteroatoms. The van der Waals surface area contributed by atoms with Crippen molar-refractivity contribution >= 4 is 11.6 Å². The molecule has 130 valence electrons. The van der Waals surface area contributed by atoms with E-state index in [9.17, 15) is 0 Å². The molecule has 1 aromatic heterocycles. The van der Waals surface area contributed by atoms with Gasteiger partial charge in [-0.1, -0.05) is 0 Å². The SMILES string of the molecule is CCN(C(=NC)NC#N)c1ccc2c(c1)C(Cc1cnc[nH]1)CCO2. The number of H-pyrrole nitrogens is 1. The lowest BCUT2D eigenvalue weighted by Gasteiger charge is -2.29. The summed E-state index contributed by atoms with van der Waals surface area (Å²) < 4.78 is 5.83. The number of aromatic amines is 1. The minimum absolute atomic E-state index is 0.369. The van der Waals surface area contributed by atoms with Gasteiger partial charge in [0, 0.05) is 31.2 Å². The van der Waals surface area contributed by atoms with Crippen molar-refractivity contribution in [2.75, 3.05) is 25.1 Å². The lowest BCUT2D eigenvalue weighted by atomic mass is 9.89. The van der Waals surface area contributed by atoms with Crippen LogP contribution in [0.25, 0.3) is 0 Å². The predicted molar refractivity (Wildman–Crippen MR) is 96.7 cm³/mol. The van der Waals surface area contributed by atoms with E-state index in [4.69, 9.17) is 10.00 Å². The molecule has 0 spiro atoms. The lowest BCUT2D eigenvalue weighted by Crippen LogP contribution is -2.39. The summed E-state index contributed by atoms with van der Waals surface area (Å²) in [6.07, 6.45) is 7.39. The number of rotatable bonds is 4. The van der Waals surface area contributed by atoms with Crippen molar-refractivity contribution in [2.45, 2.75) is 25.7 Å². The summed E-state index contributed by atoms with van der Waals surface area (Å²) in [7, 11) is 1.67. The van der Waals surface area contributed by atoms with Gasteiger partial charge in [0.1, 0.15) is 5.75 Å². The molecule has 1 aromatic carbocycles. The zero-order valence-corrected chi connectivity index (χ0v) is 14.5. The Morgan fingerprint density at radius 3 is 3.12 bits per heavy atom. The molecule has 1 aliphatic heterocycles. The van der Waals surface area contributed by atoms with E-state index < -0.39 is 0 Å². The number of fused-ring (bicyclic) bond motifs is 1. The Kier molecular flexibility index (Phi) is 5.19. The van der Waals surface area contributed by atoms with Gasteiger partial charge in [-0.2, -0.15) is 5.26 Å². The number of benzene rings is 1. The monoisotopic (exact) mass is 338 g/mol. The Bertz CT molecular complexity index is 777. The second-order valence-electron chi connectivity index (χ2n) is 5.87. The molecular weight excluding hydrogens is 316 g/mol. The van der Waals surface area contributed by atoms with Crippen molar-refractivity contribution in [1.82, 2.24) is 15.3 Å². The molecule has 3 rings (SSSR count). The maximum atomic E-state index is 8.94. The summed E-state index contributed by atoms with van der Waals surface area (Å²) in [6, 6.07) is 6.15. The zero-order valence-electron chi connectivity index (χ0n) is 14.5. The van der Waals surface area contributed by atoms with Gasteiger partial charge in [0.25, 0.3) is 0 Å². The van der Waals surface area contributed by atoms with Crippen LogP contribution in [0.1, 0.15) is 30.5 Å². The zero-order chi connectivity index (χ0) is 17.6. The fraction of sp³-hybridized carbons (Fsp3) is 0.389. The van der Waals surface area contributed by atoms with Crippen molar-refractivity contribution in [2.24, 2.45) is 4.99 Å². The number of anilines is 1. The summed E-state index contributed by atoms with van der Waals surface area (Å²) in [4.78, 5) is 13.4. The highest BCUT2D eigenvalue weighted by Crippen LogP contribution is 2.38. The summed E-state index contributed by atoms with van der Waals surface area (Å²) in [6.45, 7) is 3.45. The van der Waals surface area contributed by atoms with Crippen LogP contribution in [-0.4, -0.2) is 36.1 Å². The number of aliphatic imine (C=N–C) groups is 1. The summed E-state index contributed by atoms with van der Waals surface area (Å²) in [5.41, 5.74) is 3.30. The number of aromatic nitrogens is 2. The van der Waals surface area contributed by atoms with Crippen molar-refractivity contribution in [1.29, 1.82) is 5.26 Å². The van der Waals surface area contributed by atoms with Crippen LogP contribution in [0.3, 0.4) is 0 Å². The smallest absolute Gasteiger partial charge is 0.211 e. The number of guanidine groups is 1. The molecule has 0 radical (unpaired) electrons. The minimum atomic E-state index is 0.369. The van der Waals surface area contributed by atoms with Crippen molar-refractivity contribution in [3.05, 3.63) is 42.0 Å². The third kappa shape index (κ3) is 3.58. The first-order valence-electron chi connectivity index (χ1n) is 8.40. The first-order chi connectivity index (χ1) is 12.3. The van der Waals surface area contributed by atoms with Crippen LogP contribution >= 0.6 is 0 Å². The van der Waals surface area contributed by atoms with Crippen LogP contribution < -0.4 is 15.0 Å². The number of hydrogen-bond acceptors (Lipinski definition) is 4. The number of nitrogens with one attached hydrogen (secondary N) is 2. The van der Waals surface area contributed by atoms with Crippen molar-refractivity contribution in [3.63, 3.8) is 0 Å². The van der Waals surface area contributed by atoms with Gasteiger partial charge < -0.3 is 14.6 Å². The molecule has 1 atom stereocenters. The van der Waals surface area contributed by atoms with E-state index in [0.29, 0.717) is 18.4 Å². The van der Waals surface area contributed by atoms with E-state index in [0.717, 1.165) is 36.6 Å². The van der Waals surface area contributed by atoms with E-state index >= 15 is 0 Å². The molecule has 2 aromatic rings. The fourth-order valence-corrected chi connectivity index (χ4v) is 3.24. The standard InChI is InChI=1S/C18H22N6O/c1-3-24(18(20-2)22-11-19)15-4-5-17-16(9-15)13(6-7-25-17)8-14-10-21-12-23-14/h4-5,9-10,12-13H,3,6-8H2,1-2H3,(H,20,22)(H,21,23). The van der Waals surface area contributed by atoms with Crippen LogP contribution in [0, 0.1) is 11.5 Å². The molecule has 0 fully saturated rings. The van der Waals surface area contributed by atoms with Gasteiger partial charge in [0.05, 0.1) is 12.9 Å². The highest BCUT2D eigenvalue weighted by atomic mass is 16.5. The van der Waals surface area contributed by atoms with Crippen LogP contribution in [0.4, 0.5) is 5.69 Å². The molecule has 1 aliphatic rings. The summed E-state index contributed by atoms with van der Waals surface area (Å²) in [5, 5.41) is 11.6. The van der Waals surface area contributed by atoms with Crippen molar-refractivity contribution < 1.29 is 4.74 Å². The van der Waals surface area contributed by atoms with Crippen LogP contribution in [0.5, 0.6) is 5.75 Å². The van der Waals surface area contributed by atoms with Gasteiger partial charge in [-0.05, 0) is 49.4 Å². The van der Waals surface area contributed by atoms with Gasteiger partial charge >= 0.3 is 0 Å². The van der Waals surface area contributed by atoms with E-state index in [-0.39, 0.29) is 0 Å². The first kappa shape index (κ1) is 16.8. The van der Waals surface area contributed by atoms with Crippen LogP contribution in [0.2, 0.25) is 0 Å². The average Bonchev–Trinajstić information content (AvgIpc) is 3.15. The van der Waals surface area contributed by atoms with Gasteiger partial charge in [-0.25, -0.2) is 4.98 Å². The first-order valence-corrected chi connectivity index (χ1v) is 8.40. The number of nitrogens with zero attached hydrogens (tertiary/aromatic N) is 4. The second-order valence-corrected chi connectivity index (χ2v) is 5.87. The van der Waals surface area contributed by atoms with E-state index in [1.807, 2.05) is 36.3 Å². The Labute approximate surface area is 147 Å². The number of imidazole rings is 1. The Morgan fingerprint density at radius 1 is 1.56 bits per heavy atom. The third-order valence-electron chi connectivity index (χ3n) is 4.44. The van der Waals surface area contributed by atoms with Gasteiger partial charge in [0.2, 0.25) is 5.96 Å². The summed E-state index contributed by atoms with van der Waals surface area (Å²) >= 11 is 0. The minimum Gasteiger partial charge on any atom is -0.493 e. The summed E-state index contributed by atoms with van der Waals surface area (Å²) in [5.74, 6) is 1.83. The van der Waals surface area contributed by atoms with E-state index in [1.54, 1.807) is 13.4 Å². The highest BCUT2D eigenvalue weighted by molar-refractivity contribution is 5.97. The number of nitriles is 1. The molecule has 0 amide bonds. The van der Waals surface area contributed by atoms with Crippen LogP contribution in [0.15, 0.2) is 35.7 Å². The highest BCUT2D eigenvalue weighted by Gasteiger charge is 2.24. The lowest BCUT2D eigenvalue weighted by molar-refractivity contribution is 0.266. The van der Waals surface area contributed by atoms with Gasteiger partial charge in [-0.15, -0.1) is 0 Å². The number of hydrogen-bond donors (Lipinski definition) is 2. The normalized spacial score (nSPS) is 16.5. The van der Waals surface area contributed by atoms with Gasteiger partial charge in [0.15, 0.2) is 6.19 Å². The topological polar surface area (TPSA) is 89.3 Å². The molecule has 0 saturated carbocycles. The maximum Gasteiger partial charge on any atom is 0.211 e. The van der Waals surface area contributed by atoms with Crippen LogP contribution in [-0.2, 0) is 6.42 Å². The second kappa shape index (κ2) is 7.71. The molecular formula is C18H22N6O. The third-order valence-corrected chi connectivity index (χ3v) is 4.44. The average molecular weight is 338 g/mol. The molecule has 2 heterocycles.